The van der Waals surface area contributed by atoms with Crippen LogP contribution in [0, 0.1) is 11.3 Å². The van der Waals surface area contributed by atoms with Crippen LogP contribution in [0.1, 0.15) is 44.9 Å². The van der Waals surface area contributed by atoms with Crippen molar-refractivity contribution in [2.45, 2.75) is 40.0 Å². The van der Waals surface area contributed by atoms with Crippen LogP contribution in [0.4, 0.5) is 0 Å². The molecule has 3 aliphatic rings. The Morgan fingerprint density at radius 3 is 2.88 bits per heavy atom. The molecule has 1 amide bonds. The van der Waals surface area contributed by atoms with Crippen molar-refractivity contribution >= 4 is 44.7 Å². The van der Waals surface area contributed by atoms with Gasteiger partial charge in [-0.25, -0.2) is 0 Å². The molecule has 32 heavy (non-hydrogen) atoms. The van der Waals surface area contributed by atoms with Crippen LogP contribution in [0.15, 0.2) is 82.5 Å². The van der Waals surface area contributed by atoms with Gasteiger partial charge in [0.2, 0.25) is 5.91 Å². The second kappa shape index (κ2) is 8.57. The molecular formula is C28H29NOS2. The van der Waals surface area contributed by atoms with Crippen molar-refractivity contribution in [1.82, 2.24) is 5.32 Å². The fraction of sp³-hybridized carbons (Fsp3) is 0.321. The van der Waals surface area contributed by atoms with Gasteiger partial charge in [-0.05, 0) is 66.3 Å². The minimum atomic E-state index is -0.373. The van der Waals surface area contributed by atoms with E-state index in [4.69, 9.17) is 0 Å². The molecule has 0 spiro atoms. The van der Waals surface area contributed by atoms with Crippen molar-refractivity contribution in [1.29, 1.82) is 0 Å². The molecule has 4 heteroatoms. The van der Waals surface area contributed by atoms with Crippen LogP contribution < -0.4 is 5.32 Å². The number of fused-ring (bicyclic) bond motifs is 2. The Bertz CT molecular complexity index is 1210. The molecule has 1 fully saturated rings. The number of carbonyl (C=O) groups excluding carboxylic acids is 1. The molecule has 2 nitrogen and oxygen atoms in total. The van der Waals surface area contributed by atoms with E-state index >= 15 is 0 Å². The summed E-state index contributed by atoms with van der Waals surface area (Å²) in [6.45, 7) is 6.55. The maximum absolute atomic E-state index is 13.4. The van der Waals surface area contributed by atoms with Gasteiger partial charge in [0.15, 0.2) is 0 Å². The van der Waals surface area contributed by atoms with Gasteiger partial charge in [0.1, 0.15) is 0 Å². The molecule has 5 rings (SSSR count). The lowest BCUT2D eigenvalue weighted by Gasteiger charge is -2.21. The third-order valence-corrected chi connectivity index (χ3v) is 9.05. The van der Waals surface area contributed by atoms with Gasteiger partial charge < -0.3 is 5.32 Å². The quantitative estimate of drug-likeness (QED) is 0.481. The molecule has 1 heterocycles. The monoisotopic (exact) mass is 459 g/mol. The first-order valence-electron chi connectivity index (χ1n) is 11.5. The third-order valence-electron chi connectivity index (χ3n) is 6.84. The zero-order valence-corrected chi connectivity index (χ0v) is 20.5. The molecule has 0 bridgehead atoms. The van der Waals surface area contributed by atoms with Crippen molar-refractivity contribution in [3.05, 3.63) is 87.3 Å². The minimum absolute atomic E-state index is 0.150. The highest BCUT2D eigenvalue weighted by Crippen LogP contribution is 2.62. The van der Waals surface area contributed by atoms with Gasteiger partial charge in [0.05, 0.1) is 5.41 Å². The van der Waals surface area contributed by atoms with Gasteiger partial charge in [-0.2, -0.15) is 0 Å². The molecule has 0 radical (unpaired) electrons. The average Bonchev–Trinajstić information content (AvgIpc) is 3.45. The minimum Gasteiger partial charge on any atom is -0.329 e. The molecule has 1 aromatic heterocycles. The summed E-state index contributed by atoms with van der Waals surface area (Å²) < 4.78 is 1.32. The van der Waals surface area contributed by atoms with Gasteiger partial charge in [0, 0.05) is 32.5 Å². The Balaban J connectivity index is 1.37. The fourth-order valence-corrected chi connectivity index (χ4v) is 6.86. The van der Waals surface area contributed by atoms with Crippen LogP contribution >= 0.6 is 23.1 Å². The predicted molar refractivity (Wildman–Crippen MR) is 140 cm³/mol. The summed E-state index contributed by atoms with van der Waals surface area (Å²) in [4.78, 5) is 16.0. The Hall–Kier alpha value is -2.30. The number of hydrogen-bond acceptors (Lipinski definition) is 3. The van der Waals surface area contributed by atoms with Crippen molar-refractivity contribution < 1.29 is 4.79 Å². The Kier molecular flexibility index (Phi) is 5.77. The molecule has 0 saturated heterocycles. The zero-order chi connectivity index (χ0) is 22.3. The largest absolute Gasteiger partial charge is 0.329 e. The highest BCUT2D eigenvalue weighted by molar-refractivity contribution is 8.03. The lowest BCUT2D eigenvalue weighted by atomic mass is 9.87. The number of hydrogen-bond donors (Lipinski definition) is 1. The van der Waals surface area contributed by atoms with Gasteiger partial charge in [-0.15, -0.1) is 23.1 Å². The second-order valence-corrected chi connectivity index (χ2v) is 11.2. The van der Waals surface area contributed by atoms with E-state index in [1.54, 1.807) is 0 Å². The van der Waals surface area contributed by atoms with E-state index in [1.165, 1.54) is 36.6 Å². The van der Waals surface area contributed by atoms with Crippen molar-refractivity contribution in [2.75, 3.05) is 5.75 Å². The van der Waals surface area contributed by atoms with Crippen molar-refractivity contribution in [3.63, 3.8) is 0 Å². The van der Waals surface area contributed by atoms with Crippen LogP contribution in [0.3, 0.4) is 0 Å². The normalized spacial score (nSPS) is 24.5. The summed E-state index contributed by atoms with van der Waals surface area (Å²) in [5.41, 5.74) is 4.67. The topological polar surface area (TPSA) is 29.1 Å². The number of nitrogens with one attached hydrogen (secondary N) is 1. The molecule has 0 aliphatic heterocycles. The molecule has 2 unspecified atom stereocenters. The summed E-state index contributed by atoms with van der Waals surface area (Å²) in [7, 11) is 0. The van der Waals surface area contributed by atoms with E-state index in [0.717, 1.165) is 30.7 Å². The van der Waals surface area contributed by atoms with Gasteiger partial charge in [0.25, 0.3) is 0 Å². The SMILES string of the molecule is CCSC1=CC=C(NC(=O)C23C=CC(c4cc5ccccc5s4)=C(CC)C2C3)CC=C1C. The number of carbonyl (C=O) groups is 1. The third kappa shape index (κ3) is 3.74. The second-order valence-electron chi connectivity index (χ2n) is 8.77. The molecule has 1 saturated carbocycles. The van der Waals surface area contributed by atoms with Crippen LogP contribution in [-0.2, 0) is 4.79 Å². The first kappa shape index (κ1) is 21.5. The van der Waals surface area contributed by atoms with E-state index in [0.29, 0.717) is 5.92 Å². The highest BCUT2D eigenvalue weighted by atomic mass is 32.2. The maximum atomic E-state index is 13.4. The lowest BCUT2D eigenvalue weighted by Crippen LogP contribution is -2.32. The van der Waals surface area contributed by atoms with Crippen LogP contribution in [0.2, 0.25) is 0 Å². The number of allylic oxidation sites excluding steroid dienone is 7. The number of amides is 1. The van der Waals surface area contributed by atoms with Crippen LogP contribution in [0.5, 0.6) is 0 Å². The summed E-state index contributed by atoms with van der Waals surface area (Å²) >= 11 is 3.70. The Labute approximate surface area is 198 Å². The number of rotatable bonds is 6. The zero-order valence-electron chi connectivity index (χ0n) is 18.9. The molecule has 1 N–H and O–H groups in total. The molecule has 1 aromatic carbocycles. The fourth-order valence-electron chi connectivity index (χ4n) is 4.95. The predicted octanol–water partition coefficient (Wildman–Crippen LogP) is 7.63. The average molecular weight is 460 g/mol. The standard InChI is InChI=1S/C28H29NOS2/c1-4-21-22(26-16-19-8-6-7-9-25(19)32-26)14-15-28(17-23(21)28)27(30)29-20-11-10-18(3)24(13-12-20)31-5-2/h6-10,12-16,23H,4-5,11,17H2,1-3H3,(H,29,30). The summed E-state index contributed by atoms with van der Waals surface area (Å²) in [6, 6.07) is 10.9. The van der Waals surface area contributed by atoms with E-state index in [-0.39, 0.29) is 11.3 Å². The van der Waals surface area contributed by atoms with E-state index in [2.05, 4.69) is 86.8 Å². The summed E-state index contributed by atoms with van der Waals surface area (Å²) in [6.07, 6.45) is 13.5. The lowest BCUT2D eigenvalue weighted by molar-refractivity contribution is -0.124. The molecule has 2 aromatic rings. The highest BCUT2D eigenvalue weighted by Gasteiger charge is 2.60. The summed E-state index contributed by atoms with van der Waals surface area (Å²) in [5, 5.41) is 4.56. The van der Waals surface area contributed by atoms with Gasteiger partial charge in [-0.3, -0.25) is 4.79 Å². The Morgan fingerprint density at radius 1 is 1.25 bits per heavy atom. The Morgan fingerprint density at radius 2 is 2.09 bits per heavy atom. The first-order chi connectivity index (χ1) is 15.6. The first-order valence-corrected chi connectivity index (χ1v) is 13.3. The van der Waals surface area contributed by atoms with Crippen molar-refractivity contribution in [2.24, 2.45) is 11.3 Å². The van der Waals surface area contributed by atoms with E-state index in [1.807, 2.05) is 23.1 Å². The van der Waals surface area contributed by atoms with Crippen LogP contribution in [0.25, 0.3) is 15.7 Å². The molecule has 164 valence electrons. The van der Waals surface area contributed by atoms with Gasteiger partial charge in [-0.1, -0.05) is 55.8 Å². The maximum Gasteiger partial charge on any atom is 0.234 e. The van der Waals surface area contributed by atoms with E-state index in [9.17, 15) is 4.79 Å². The number of benzene rings is 1. The molecule has 3 aliphatic carbocycles. The van der Waals surface area contributed by atoms with Crippen LogP contribution in [-0.4, -0.2) is 11.7 Å². The molecule has 2 atom stereocenters. The number of thioether (sulfide) groups is 1. The smallest absolute Gasteiger partial charge is 0.234 e. The number of thiophene rings is 1. The van der Waals surface area contributed by atoms with E-state index < -0.39 is 0 Å². The molecular weight excluding hydrogens is 430 g/mol. The van der Waals surface area contributed by atoms with Gasteiger partial charge >= 0.3 is 0 Å². The van der Waals surface area contributed by atoms with Crippen molar-refractivity contribution in [3.8, 4) is 0 Å². The summed E-state index contributed by atoms with van der Waals surface area (Å²) in [5.74, 6) is 1.52.